The van der Waals surface area contributed by atoms with Crippen molar-refractivity contribution in [3.63, 3.8) is 0 Å². The molecule has 3 aromatic carbocycles. The number of carbonyl (C=O) groups is 1. The average molecular weight is 407 g/mol. The van der Waals surface area contributed by atoms with Crippen LogP contribution in [-0.2, 0) is 10.9 Å². The normalized spacial score (nSPS) is 14.1. The second-order valence-electron chi connectivity index (χ2n) is 7.10. The SMILES string of the molecule is O=C([O-])O.c1ccc([S+](c2ccccc2)c2ccc(C3CCCCC3)cc2)cc1. The van der Waals surface area contributed by atoms with E-state index in [1.54, 1.807) is 0 Å². The summed E-state index contributed by atoms with van der Waals surface area (Å²) in [7, 11) is -0.0278. The molecule has 0 atom stereocenters. The lowest BCUT2D eigenvalue weighted by Gasteiger charge is -2.22. The molecule has 0 saturated heterocycles. The van der Waals surface area contributed by atoms with Crippen LogP contribution in [0.25, 0.3) is 0 Å². The van der Waals surface area contributed by atoms with E-state index in [2.05, 4.69) is 84.9 Å². The Balaban J connectivity index is 0.000000552. The lowest BCUT2D eigenvalue weighted by Crippen LogP contribution is -2.17. The van der Waals surface area contributed by atoms with Crippen molar-refractivity contribution in [2.45, 2.75) is 52.7 Å². The zero-order valence-electron chi connectivity index (χ0n) is 16.4. The van der Waals surface area contributed by atoms with Gasteiger partial charge in [-0.1, -0.05) is 67.8 Å². The highest BCUT2D eigenvalue weighted by Gasteiger charge is 2.28. The zero-order chi connectivity index (χ0) is 20.5. The molecule has 1 N–H and O–H groups in total. The van der Waals surface area contributed by atoms with Gasteiger partial charge >= 0.3 is 0 Å². The standard InChI is InChI=1S/C24H25S.CH2O3/c1-4-10-20(11-5-1)21-16-18-24(19-17-21)25(22-12-6-2-7-13-22)23-14-8-3-9-15-23;2-1(3)4/h2-3,6-9,12-20H,1,4-5,10-11H2;(H2,2,3,4)/q+1;/p-1. The van der Waals surface area contributed by atoms with Gasteiger partial charge in [0, 0.05) is 0 Å². The summed E-state index contributed by atoms with van der Waals surface area (Å²) in [6.45, 7) is 0. The first-order valence-electron chi connectivity index (χ1n) is 9.99. The third-order valence-electron chi connectivity index (χ3n) is 5.15. The molecule has 4 heteroatoms. The molecule has 0 aromatic heterocycles. The van der Waals surface area contributed by atoms with Crippen molar-refractivity contribution in [2.75, 3.05) is 0 Å². The van der Waals surface area contributed by atoms with Crippen LogP contribution in [0, 0.1) is 0 Å². The van der Waals surface area contributed by atoms with Gasteiger partial charge in [0.05, 0.1) is 10.9 Å². The molecule has 4 rings (SSSR count). The lowest BCUT2D eigenvalue weighted by molar-refractivity contribution is -0.275. The minimum Gasteiger partial charge on any atom is -0.565 e. The Morgan fingerprint density at radius 1 is 0.724 bits per heavy atom. The molecule has 3 aromatic rings. The molecule has 1 fully saturated rings. The van der Waals surface area contributed by atoms with Crippen molar-refractivity contribution < 1.29 is 15.0 Å². The molecule has 1 saturated carbocycles. The van der Waals surface area contributed by atoms with Crippen LogP contribution in [0.4, 0.5) is 4.79 Å². The van der Waals surface area contributed by atoms with Gasteiger partial charge < -0.3 is 15.0 Å². The maximum atomic E-state index is 8.44. The van der Waals surface area contributed by atoms with E-state index in [-0.39, 0.29) is 10.9 Å². The molecule has 1 aliphatic rings. The van der Waals surface area contributed by atoms with Crippen LogP contribution in [0.3, 0.4) is 0 Å². The second kappa shape index (κ2) is 10.7. The van der Waals surface area contributed by atoms with Crippen molar-refractivity contribution >= 4 is 17.1 Å². The molecule has 0 amide bonds. The van der Waals surface area contributed by atoms with Crippen LogP contribution in [0.5, 0.6) is 0 Å². The number of benzene rings is 3. The fourth-order valence-electron chi connectivity index (χ4n) is 3.83. The van der Waals surface area contributed by atoms with Crippen LogP contribution < -0.4 is 5.11 Å². The summed E-state index contributed by atoms with van der Waals surface area (Å²) in [6.07, 6.45) is 4.85. The number of hydrogen-bond donors (Lipinski definition) is 1. The van der Waals surface area contributed by atoms with Gasteiger partial charge in [0.25, 0.3) is 0 Å². The van der Waals surface area contributed by atoms with E-state index in [1.165, 1.54) is 52.4 Å². The van der Waals surface area contributed by atoms with E-state index in [0.717, 1.165) is 5.92 Å². The van der Waals surface area contributed by atoms with E-state index in [4.69, 9.17) is 15.0 Å². The third kappa shape index (κ3) is 6.13. The van der Waals surface area contributed by atoms with Gasteiger partial charge in [0.15, 0.2) is 14.7 Å². The molecule has 29 heavy (non-hydrogen) atoms. The van der Waals surface area contributed by atoms with E-state index < -0.39 is 6.16 Å². The van der Waals surface area contributed by atoms with Gasteiger partial charge in [0.2, 0.25) is 6.16 Å². The zero-order valence-corrected chi connectivity index (χ0v) is 17.2. The monoisotopic (exact) mass is 406 g/mol. The van der Waals surface area contributed by atoms with Crippen molar-refractivity contribution in [2.24, 2.45) is 0 Å². The molecule has 0 spiro atoms. The maximum Gasteiger partial charge on any atom is 0.249 e. The molecule has 0 unspecified atom stereocenters. The predicted molar refractivity (Wildman–Crippen MR) is 115 cm³/mol. The summed E-state index contributed by atoms with van der Waals surface area (Å²) in [6, 6.07) is 31.3. The molecule has 0 bridgehead atoms. The smallest absolute Gasteiger partial charge is 0.249 e. The second-order valence-corrected chi connectivity index (χ2v) is 9.13. The quantitative estimate of drug-likeness (QED) is 0.564. The Kier molecular flexibility index (Phi) is 7.77. The number of hydrogen-bond acceptors (Lipinski definition) is 2. The summed E-state index contributed by atoms with van der Waals surface area (Å²) in [5.74, 6) is 0.776. The minimum absolute atomic E-state index is 0.0278. The van der Waals surface area contributed by atoms with Crippen molar-refractivity contribution in [1.82, 2.24) is 0 Å². The summed E-state index contributed by atoms with van der Waals surface area (Å²) < 4.78 is 0. The van der Waals surface area contributed by atoms with E-state index in [9.17, 15) is 0 Å². The topological polar surface area (TPSA) is 60.4 Å². The van der Waals surface area contributed by atoms with Crippen LogP contribution in [0.2, 0.25) is 0 Å². The average Bonchev–Trinajstić information content (AvgIpc) is 2.76. The highest BCUT2D eigenvalue weighted by molar-refractivity contribution is 7.97. The van der Waals surface area contributed by atoms with Crippen molar-refractivity contribution in [3.8, 4) is 0 Å². The van der Waals surface area contributed by atoms with Crippen molar-refractivity contribution in [3.05, 3.63) is 90.5 Å². The highest BCUT2D eigenvalue weighted by Crippen LogP contribution is 2.35. The predicted octanol–water partition coefficient (Wildman–Crippen LogP) is 5.72. The largest absolute Gasteiger partial charge is 0.565 e. The number of rotatable bonds is 4. The Morgan fingerprint density at radius 2 is 1.14 bits per heavy atom. The van der Waals surface area contributed by atoms with E-state index in [0.29, 0.717) is 0 Å². The van der Waals surface area contributed by atoms with Gasteiger partial charge in [-0.2, -0.15) is 0 Å². The molecule has 0 heterocycles. The Labute approximate surface area is 175 Å². The van der Waals surface area contributed by atoms with Crippen LogP contribution >= 0.6 is 0 Å². The van der Waals surface area contributed by atoms with E-state index >= 15 is 0 Å². The third-order valence-corrected chi connectivity index (χ3v) is 7.38. The van der Waals surface area contributed by atoms with Gasteiger partial charge in [-0.3, -0.25) is 0 Å². The van der Waals surface area contributed by atoms with Crippen LogP contribution in [-0.4, -0.2) is 11.3 Å². The van der Waals surface area contributed by atoms with Gasteiger partial charge in [-0.25, -0.2) is 0 Å². The van der Waals surface area contributed by atoms with E-state index in [1.807, 2.05) is 0 Å². The van der Waals surface area contributed by atoms with Gasteiger partial charge in [-0.05, 0) is 60.7 Å². The summed E-state index contributed by atoms with van der Waals surface area (Å²) in [5, 5.41) is 15.3. The molecule has 0 aliphatic heterocycles. The molecule has 0 radical (unpaired) electrons. The van der Waals surface area contributed by atoms with Crippen LogP contribution in [0.1, 0.15) is 43.6 Å². The van der Waals surface area contributed by atoms with Gasteiger partial charge in [-0.15, -0.1) is 0 Å². The first-order valence-corrected chi connectivity index (χ1v) is 11.2. The molecular weight excluding hydrogens is 380 g/mol. The summed E-state index contributed by atoms with van der Waals surface area (Å²) >= 11 is 0. The summed E-state index contributed by atoms with van der Waals surface area (Å²) in [4.78, 5) is 12.6. The summed E-state index contributed by atoms with van der Waals surface area (Å²) in [5.41, 5.74) is 1.54. The molecule has 150 valence electrons. The Bertz CT molecular complexity index is 829. The molecule has 3 nitrogen and oxygen atoms in total. The molecular formula is C25H26O3S. The lowest BCUT2D eigenvalue weighted by atomic mass is 9.84. The fourth-order valence-corrected chi connectivity index (χ4v) is 5.92. The first-order chi connectivity index (χ1) is 14.1. The Hall–Kier alpha value is -2.72. The highest BCUT2D eigenvalue weighted by atomic mass is 32.2. The van der Waals surface area contributed by atoms with Crippen molar-refractivity contribution in [1.29, 1.82) is 0 Å². The van der Waals surface area contributed by atoms with Gasteiger partial charge in [0.1, 0.15) is 0 Å². The fraction of sp³-hybridized carbons (Fsp3) is 0.240. The Morgan fingerprint density at radius 3 is 1.59 bits per heavy atom. The molecule has 1 aliphatic carbocycles. The maximum absolute atomic E-state index is 8.44. The first kappa shape index (κ1) is 21.0. The number of carboxylic acid groups (broad SMARTS) is 2. The minimum atomic E-state index is -2.08. The van der Waals surface area contributed by atoms with Crippen LogP contribution in [0.15, 0.2) is 99.6 Å².